The molecular weight excluding hydrogens is 861 g/mol. The molecule has 2 atom stereocenters. The Kier molecular flexibility index (Phi) is 11.9. The Morgan fingerprint density at radius 2 is 1.25 bits per heavy atom. The lowest BCUT2D eigenvalue weighted by Gasteiger charge is -2.54. The van der Waals surface area contributed by atoms with Crippen molar-refractivity contribution in [1.82, 2.24) is 0 Å². The zero-order chi connectivity index (χ0) is 47.5. The molecule has 9 rings (SSSR count). The lowest BCUT2D eigenvalue weighted by atomic mass is 9.51. The Morgan fingerprint density at radius 3 is 1.91 bits per heavy atom. The van der Waals surface area contributed by atoms with Crippen LogP contribution >= 0.6 is 0 Å². The van der Waals surface area contributed by atoms with Crippen molar-refractivity contribution in [3.05, 3.63) is 185 Å². The summed E-state index contributed by atoms with van der Waals surface area (Å²) < 4.78 is 30.7. The van der Waals surface area contributed by atoms with E-state index in [-0.39, 0.29) is 32.0 Å². The first-order valence-corrected chi connectivity index (χ1v) is 21.9. The summed E-state index contributed by atoms with van der Waals surface area (Å²) in [5.74, 6) is 2.87. The van der Waals surface area contributed by atoms with E-state index >= 15 is 0 Å². The number of methoxy groups -OCH3 is 2. The van der Waals surface area contributed by atoms with Gasteiger partial charge in [-0.15, -0.1) is 0 Å². The number of fused-ring (bicyclic) bond motifs is 10. The van der Waals surface area contributed by atoms with Crippen LogP contribution < -0.4 is 23.7 Å². The van der Waals surface area contributed by atoms with Gasteiger partial charge < -0.3 is 23.7 Å². The van der Waals surface area contributed by atoms with Crippen molar-refractivity contribution in [3.63, 3.8) is 0 Å². The van der Waals surface area contributed by atoms with Crippen LogP contribution in [0.15, 0.2) is 136 Å². The van der Waals surface area contributed by atoms with E-state index in [9.17, 15) is 11.1 Å². The summed E-state index contributed by atoms with van der Waals surface area (Å²) >= 11 is 0. The van der Waals surface area contributed by atoms with E-state index in [4.69, 9.17) is 34.7 Å². The normalized spacial score (nSPS) is 20.2. The minimum Gasteiger partial charge on any atom is -0.497 e. The molecule has 1 aliphatic heterocycles. The van der Waals surface area contributed by atoms with Gasteiger partial charge in [0, 0.05) is 71.9 Å². The zero-order valence-corrected chi connectivity index (χ0v) is 37.9. The first-order valence-electron chi connectivity index (χ1n) is 21.9. The van der Waals surface area contributed by atoms with E-state index in [1.807, 2.05) is 60.7 Å². The summed E-state index contributed by atoms with van der Waals surface area (Å²) in [5.41, 5.74) is 43.1. The van der Waals surface area contributed by atoms with E-state index in [1.165, 1.54) is 0 Å². The molecule has 6 aromatic rings. The summed E-state index contributed by atoms with van der Waals surface area (Å²) in [6, 6.07) is 35.7. The summed E-state index contributed by atoms with van der Waals surface area (Å²) in [5, 5.41) is 17.3. The molecule has 0 aromatic heterocycles. The van der Waals surface area contributed by atoms with Gasteiger partial charge in [0.1, 0.15) is 28.7 Å². The third-order valence-corrected chi connectivity index (χ3v) is 13.5. The highest BCUT2D eigenvalue weighted by Gasteiger charge is 2.57. The number of hydrogen-bond acceptors (Lipinski definition) is 9. The molecule has 1 fully saturated rings. The number of nitrogens with zero attached hydrogens (tertiary/aromatic N) is 12. The van der Waals surface area contributed by atoms with Crippen LogP contribution in [0.3, 0.4) is 0 Å². The Labute approximate surface area is 391 Å². The van der Waals surface area contributed by atoms with Gasteiger partial charge in [0.2, 0.25) is 0 Å². The molecule has 1 spiro atoms. The summed E-state index contributed by atoms with van der Waals surface area (Å²) in [6.07, 6.45) is 6.26. The molecule has 0 amide bonds. The SMILES string of the molecule is COc1ccc(C2(c3ccc(OCN=[N+]=[N-])cc3)C=Cc3c4c(c5ccc(-c6ccc(OC)cc6OCN=[N+]=[N-])cc5c3O2)-c2ccccc2C42CC(C)(C)CC(CN=[N+]=[N-])(CN=[N+]=[N-])C2)cc1. The topological polar surface area (TPSA) is 241 Å². The second-order valence-electron chi connectivity index (χ2n) is 18.1. The molecule has 68 heavy (non-hydrogen) atoms. The molecule has 0 radical (unpaired) electrons. The highest BCUT2D eigenvalue weighted by molar-refractivity contribution is 6.10. The molecule has 0 saturated heterocycles. The molecule has 340 valence electrons. The van der Waals surface area contributed by atoms with Crippen LogP contribution in [0.1, 0.15) is 60.9 Å². The highest BCUT2D eigenvalue weighted by Crippen LogP contribution is 2.67. The number of rotatable bonds is 15. The molecule has 3 aliphatic rings. The van der Waals surface area contributed by atoms with Gasteiger partial charge in [0.25, 0.3) is 0 Å². The number of benzene rings is 6. The van der Waals surface area contributed by atoms with Gasteiger partial charge in [-0.1, -0.05) is 101 Å². The van der Waals surface area contributed by atoms with Crippen molar-refractivity contribution in [2.24, 2.45) is 31.3 Å². The molecule has 0 N–H and O–H groups in total. The Morgan fingerprint density at radius 1 is 0.618 bits per heavy atom. The average Bonchev–Trinajstić information content (AvgIpc) is 3.62. The molecular formula is C51H46N12O5. The van der Waals surface area contributed by atoms with Crippen molar-refractivity contribution in [2.75, 3.05) is 40.8 Å². The molecule has 1 saturated carbocycles. The fraction of sp³-hybridized carbons (Fsp3) is 0.294. The lowest BCUT2D eigenvalue weighted by Crippen LogP contribution is -2.49. The minimum absolute atomic E-state index is 0.158. The molecule has 17 heteroatoms. The maximum absolute atomic E-state index is 9.71. The first-order chi connectivity index (χ1) is 33.1. The summed E-state index contributed by atoms with van der Waals surface area (Å²) in [7, 11) is 3.20. The third-order valence-electron chi connectivity index (χ3n) is 13.5. The summed E-state index contributed by atoms with van der Waals surface area (Å²) in [4.78, 5) is 12.1. The van der Waals surface area contributed by atoms with Crippen molar-refractivity contribution < 1.29 is 23.7 Å². The highest BCUT2D eigenvalue weighted by atomic mass is 16.5. The lowest BCUT2D eigenvalue weighted by molar-refractivity contribution is 0.0496. The zero-order valence-electron chi connectivity index (χ0n) is 37.9. The second-order valence-corrected chi connectivity index (χ2v) is 18.1. The van der Waals surface area contributed by atoms with Crippen LogP contribution in [0.2, 0.25) is 0 Å². The van der Waals surface area contributed by atoms with Gasteiger partial charge in [-0.05, 0) is 134 Å². The van der Waals surface area contributed by atoms with Crippen molar-refractivity contribution >= 4 is 16.8 Å². The maximum Gasteiger partial charge on any atom is 0.178 e. The number of ether oxygens (including phenoxy) is 5. The van der Waals surface area contributed by atoms with Gasteiger partial charge in [0.15, 0.2) is 19.1 Å². The van der Waals surface area contributed by atoms with E-state index in [0.29, 0.717) is 41.6 Å². The largest absolute Gasteiger partial charge is 0.497 e. The van der Waals surface area contributed by atoms with E-state index < -0.39 is 16.4 Å². The smallest absolute Gasteiger partial charge is 0.178 e. The maximum atomic E-state index is 9.71. The Bertz CT molecular complexity index is 3170. The van der Waals surface area contributed by atoms with E-state index in [2.05, 4.69) is 109 Å². The standard InChI is InChI=1S/C51H46N12O5/c1-48(2)25-49(28-56-60-52,29-57-61-53)27-50(26-48)43-8-6-5-7-40(43)45-39-19-9-32(38-20-18-37(65-4)24-44(38)67-31-59-63-55)23-42(39)47-41(46(45)50)21-22-51(68-47,33-10-14-35(64-3)15-11-33)34-12-16-36(17-13-34)66-30-58-62-54/h5-24H,25-31H2,1-4H3. The molecule has 0 bridgehead atoms. The van der Waals surface area contributed by atoms with Crippen LogP contribution in [-0.2, 0) is 11.0 Å². The van der Waals surface area contributed by atoms with Crippen molar-refractivity contribution in [1.29, 1.82) is 0 Å². The van der Waals surface area contributed by atoms with Crippen molar-refractivity contribution in [2.45, 2.75) is 44.1 Å². The predicted octanol–water partition coefficient (Wildman–Crippen LogP) is 14.3. The van der Waals surface area contributed by atoms with E-state index in [1.54, 1.807) is 20.3 Å². The Hall–Kier alpha value is -8.44. The van der Waals surface area contributed by atoms with Crippen LogP contribution in [0.5, 0.6) is 28.7 Å². The first kappa shape index (κ1) is 44.7. The quantitative estimate of drug-likeness (QED) is 0.0553. The van der Waals surface area contributed by atoms with Crippen molar-refractivity contribution in [3.8, 4) is 51.0 Å². The van der Waals surface area contributed by atoms with Crippen LogP contribution in [0.4, 0.5) is 0 Å². The van der Waals surface area contributed by atoms with Crippen LogP contribution in [0, 0.1) is 10.8 Å². The van der Waals surface area contributed by atoms with Crippen LogP contribution in [0.25, 0.3) is 80.9 Å². The molecule has 2 unspecified atom stereocenters. The third kappa shape index (κ3) is 7.81. The fourth-order valence-corrected chi connectivity index (χ4v) is 11.4. The van der Waals surface area contributed by atoms with Gasteiger partial charge in [-0.3, -0.25) is 0 Å². The molecule has 6 aromatic carbocycles. The Balaban J connectivity index is 1.36. The molecule has 2 aliphatic carbocycles. The van der Waals surface area contributed by atoms with E-state index in [0.717, 1.165) is 67.3 Å². The molecule has 1 heterocycles. The van der Waals surface area contributed by atoms with Gasteiger partial charge in [-0.25, -0.2) is 0 Å². The second kappa shape index (κ2) is 18.1. The number of azide groups is 4. The predicted molar refractivity (Wildman–Crippen MR) is 259 cm³/mol. The monoisotopic (exact) mass is 906 g/mol. The average molecular weight is 907 g/mol. The van der Waals surface area contributed by atoms with Gasteiger partial charge in [-0.2, -0.15) is 0 Å². The number of hydrogen-bond donors (Lipinski definition) is 0. The minimum atomic E-state index is -1.19. The fourth-order valence-electron chi connectivity index (χ4n) is 11.4. The van der Waals surface area contributed by atoms with Gasteiger partial charge in [0.05, 0.1) is 14.2 Å². The van der Waals surface area contributed by atoms with Crippen LogP contribution in [-0.4, -0.2) is 40.8 Å². The molecule has 17 nitrogen and oxygen atoms in total. The summed E-state index contributed by atoms with van der Waals surface area (Å²) in [6.45, 7) is 4.41. The van der Waals surface area contributed by atoms with Gasteiger partial charge >= 0.3 is 0 Å².